The smallest absolute Gasteiger partial charge is 0.238 e. The van der Waals surface area contributed by atoms with E-state index in [0.29, 0.717) is 23.2 Å². The maximum atomic E-state index is 11.3. The Bertz CT molecular complexity index is 299. The largest absolute Gasteiger partial charge is 0.354 e. The Hall–Kier alpha value is -0.620. The molecule has 0 aromatic heterocycles. The van der Waals surface area contributed by atoms with Gasteiger partial charge in [-0.25, -0.2) is 0 Å². The van der Waals surface area contributed by atoms with Gasteiger partial charge in [-0.15, -0.1) is 0 Å². The molecule has 1 N–H and O–H groups in total. The molecule has 1 aliphatic carbocycles. The van der Waals surface area contributed by atoms with Gasteiger partial charge in [-0.1, -0.05) is 24.0 Å². The Labute approximate surface area is 97.8 Å². The normalized spacial score (nSPS) is 20.9. The molecule has 0 radical (unpaired) electrons. The minimum absolute atomic E-state index is 0.0469. The first-order valence-electron chi connectivity index (χ1n) is 4.93. The molecular formula is C9H12N2O2S2. The Morgan fingerprint density at radius 1 is 1.60 bits per heavy atom. The van der Waals surface area contributed by atoms with Crippen molar-refractivity contribution in [3.63, 3.8) is 0 Å². The molecule has 1 heterocycles. The van der Waals surface area contributed by atoms with Crippen LogP contribution in [0.15, 0.2) is 0 Å². The number of hydrogen-bond donors (Lipinski definition) is 1. The van der Waals surface area contributed by atoms with Crippen LogP contribution in [0.2, 0.25) is 0 Å². The maximum Gasteiger partial charge on any atom is 0.238 e. The molecule has 82 valence electrons. The number of carbonyl (C=O) groups excluding carboxylic acids is 2. The number of carbonyl (C=O) groups is 2. The summed E-state index contributed by atoms with van der Waals surface area (Å²) >= 11 is 6.40. The molecular weight excluding hydrogens is 232 g/mol. The third kappa shape index (κ3) is 2.69. The van der Waals surface area contributed by atoms with E-state index in [1.165, 1.54) is 11.8 Å². The van der Waals surface area contributed by atoms with E-state index in [4.69, 9.17) is 12.2 Å². The fourth-order valence-electron chi connectivity index (χ4n) is 1.38. The fraction of sp³-hybridized carbons (Fsp3) is 0.667. The summed E-state index contributed by atoms with van der Waals surface area (Å²) in [6, 6.07) is 0. The lowest BCUT2D eigenvalue weighted by molar-refractivity contribution is -0.125. The van der Waals surface area contributed by atoms with Crippen molar-refractivity contribution in [3.05, 3.63) is 0 Å². The van der Waals surface area contributed by atoms with Crippen LogP contribution in [0.5, 0.6) is 0 Å². The summed E-state index contributed by atoms with van der Waals surface area (Å²) < 4.78 is 0.626. The van der Waals surface area contributed by atoms with Gasteiger partial charge in [0.25, 0.3) is 0 Å². The van der Waals surface area contributed by atoms with Gasteiger partial charge in [-0.3, -0.25) is 14.5 Å². The zero-order valence-corrected chi connectivity index (χ0v) is 9.83. The summed E-state index contributed by atoms with van der Waals surface area (Å²) in [6.07, 6.45) is 2.01. The van der Waals surface area contributed by atoms with Gasteiger partial charge in [-0.05, 0) is 12.8 Å². The first-order valence-corrected chi connectivity index (χ1v) is 6.32. The van der Waals surface area contributed by atoms with E-state index < -0.39 is 0 Å². The Morgan fingerprint density at radius 3 is 2.87 bits per heavy atom. The molecule has 1 aliphatic heterocycles. The molecule has 2 rings (SSSR count). The minimum Gasteiger partial charge on any atom is -0.354 e. The van der Waals surface area contributed by atoms with Crippen molar-refractivity contribution in [2.24, 2.45) is 5.92 Å². The van der Waals surface area contributed by atoms with Crippen LogP contribution in [-0.2, 0) is 9.59 Å². The van der Waals surface area contributed by atoms with Crippen LogP contribution in [0, 0.1) is 5.92 Å². The van der Waals surface area contributed by atoms with Gasteiger partial charge in [0.05, 0.1) is 5.75 Å². The monoisotopic (exact) mass is 244 g/mol. The predicted octanol–water partition coefficient (Wildman–Crippen LogP) is 0.373. The van der Waals surface area contributed by atoms with Gasteiger partial charge in [0.15, 0.2) is 0 Å². The molecule has 0 atom stereocenters. The van der Waals surface area contributed by atoms with E-state index in [1.807, 2.05) is 0 Å². The van der Waals surface area contributed by atoms with Gasteiger partial charge >= 0.3 is 0 Å². The van der Waals surface area contributed by atoms with Gasteiger partial charge in [0.2, 0.25) is 11.8 Å². The third-order valence-electron chi connectivity index (χ3n) is 2.42. The second-order valence-corrected chi connectivity index (χ2v) is 5.27. The van der Waals surface area contributed by atoms with E-state index in [1.54, 1.807) is 4.90 Å². The van der Waals surface area contributed by atoms with Crippen molar-refractivity contribution in [1.82, 2.24) is 10.2 Å². The molecule has 2 amide bonds. The summed E-state index contributed by atoms with van der Waals surface area (Å²) in [7, 11) is 0. The highest BCUT2D eigenvalue weighted by atomic mass is 32.2. The van der Waals surface area contributed by atoms with Crippen molar-refractivity contribution in [1.29, 1.82) is 0 Å². The van der Waals surface area contributed by atoms with Crippen LogP contribution in [0.4, 0.5) is 0 Å². The topological polar surface area (TPSA) is 49.4 Å². The quantitative estimate of drug-likeness (QED) is 0.726. The summed E-state index contributed by atoms with van der Waals surface area (Å²) in [5.41, 5.74) is 0. The number of rotatable bonds is 4. The number of hydrogen-bond acceptors (Lipinski definition) is 4. The second-order valence-electron chi connectivity index (χ2n) is 3.67. The van der Waals surface area contributed by atoms with Gasteiger partial charge in [-0.2, -0.15) is 0 Å². The molecule has 4 nitrogen and oxygen atoms in total. The molecule has 0 aromatic rings. The SMILES string of the molecule is O=C(NCCN1C(=O)CSC1=S)C1CC1. The lowest BCUT2D eigenvalue weighted by Gasteiger charge is -2.14. The van der Waals surface area contributed by atoms with Crippen molar-refractivity contribution in [2.75, 3.05) is 18.8 Å². The first-order chi connectivity index (χ1) is 7.18. The van der Waals surface area contributed by atoms with Crippen LogP contribution in [0.1, 0.15) is 12.8 Å². The molecule has 0 bridgehead atoms. The van der Waals surface area contributed by atoms with Gasteiger partial charge in [0.1, 0.15) is 4.32 Å². The van der Waals surface area contributed by atoms with Crippen LogP contribution < -0.4 is 5.32 Å². The number of nitrogens with one attached hydrogen (secondary N) is 1. The summed E-state index contributed by atoms with van der Waals surface area (Å²) in [4.78, 5) is 24.2. The number of nitrogens with zero attached hydrogens (tertiary/aromatic N) is 1. The average molecular weight is 244 g/mol. The van der Waals surface area contributed by atoms with E-state index >= 15 is 0 Å². The molecule has 0 unspecified atom stereocenters. The second kappa shape index (κ2) is 4.49. The van der Waals surface area contributed by atoms with Crippen molar-refractivity contribution < 1.29 is 9.59 Å². The zero-order chi connectivity index (χ0) is 10.8. The standard InChI is InChI=1S/C9H12N2O2S2/c12-7-5-15-9(14)11(7)4-3-10-8(13)6-1-2-6/h6H,1-5H2,(H,10,13). The molecule has 15 heavy (non-hydrogen) atoms. The third-order valence-corrected chi connectivity index (χ3v) is 3.86. The average Bonchev–Trinajstić information content (AvgIpc) is 2.99. The molecule has 2 aliphatic rings. The van der Waals surface area contributed by atoms with Crippen molar-refractivity contribution in [2.45, 2.75) is 12.8 Å². The summed E-state index contributed by atoms with van der Waals surface area (Å²) in [5, 5.41) is 2.81. The Balaban J connectivity index is 1.70. The zero-order valence-electron chi connectivity index (χ0n) is 8.19. The van der Waals surface area contributed by atoms with E-state index in [9.17, 15) is 9.59 Å². The highest BCUT2D eigenvalue weighted by Gasteiger charge is 2.30. The van der Waals surface area contributed by atoms with Crippen LogP contribution in [-0.4, -0.2) is 39.9 Å². The summed E-state index contributed by atoms with van der Waals surface area (Å²) in [6.45, 7) is 1.00. The molecule has 2 fully saturated rings. The number of thioether (sulfide) groups is 1. The maximum absolute atomic E-state index is 11.3. The van der Waals surface area contributed by atoms with Crippen LogP contribution in [0.25, 0.3) is 0 Å². The highest BCUT2D eigenvalue weighted by Crippen LogP contribution is 2.28. The molecule has 1 saturated carbocycles. The summed E-state index contributed by atoms with van der Waals surface area (Å²) in [5.74, 6) is 0.821. The van der Waals surface area contributed by atoms with Crippen LogP contribution in [0.3, 0.4) is 0 Å². The van der Waals surface area contributed by atoms with Crippen molar-refractivity contribution in [3.8, 4) is 0 Å². The predicted molar refractivity (Wildman–Crippen MR) is 62.5 cm³/mol. The molecule has 1 saturated heterocycles. The fourth-order valence-corrected chi connectivity index (χ4v) is 2.50. The molecule has 6 heteroatoms. The Morgan fingerprint density at radius 2 is 2.33 bits per heavy atom. The number of amides is 2. The van der Waals surface area contributed by atoms with E-state index in [-0.39, 0.29) is 17.7 Å². The molecule has 0 aromatic carbocycles. The lowest BCUT2D eigenvalue weighted by atomic mass is 10.4. The van der Waals surface area contributed by atoms with Gasteiger partial charge in [0, 0.05) is 19.0 Å². The Kier molecular flexibility index (Phi) is 3.25. The van der Waals surface area contributed by atoms with Crippen molar-refractivity contribution >= 4 is 40.1 Å². The van der Waals surface area contributed by atoms with Gasteiger partial charge < -0.3 is 5.32 Å². The highest BCUT2D eigenvalue weighted by molar-refractivity contribution is 8.23. The van der Waals surface area contributed by atoms with E-state index in [0.717, 1.165) is 12.8 Å². The molecule has 0 spiro atoms. The lowest BCUT2D eigenvalue weighted by Crippen LogP contribution is -2.37. The minimum atomic E-state index is 0.0469. The number of thiocarbonyl (C=S) groups is 1. The van der Waals surface area contributed by atoms with Crippen LogP contribution >= 0.6 is 24.0 Å². The first kappa shape index (κ1) is 10.9. The van der Waals surface area contributed by atoms with E-state index in [2.05, 4.69) is 5.32 Å².